The topological polar surface area (TPSA) is 42.4 Å². The zero-order valence-corrected chi connectivity index (χ0v) is 21.6. The third kappa shape index (κ3) is 5.23. The molecule has 2 aromatic carbocycles. The molecule has 4 aromatic rings. The van der Waals surface area contributed by atoms with Gasteiger partial charge in [0, 0.05) is 49.3 Å². The minimum absolute atomic E-state index is 0.303. The number of ether oxygens (including phenoxy) is 2. The van der Waals surface area contributed by atoms with E-state index in [4.69, 9.17) is 9.47 Å². The van der Waals surface area contributed by atoms with Crippen LogP contribution in [0.5, 0.6) is 11.5 Å². The SMILES string of the molecule is CCCCn1c(CN(Cc2ccc3c(c2)OCO3)Cc2ccc3[nH]ccc3c2)ccc1C1=CCCC=C1. The lowest BCUT2D eigenvalue weighted by molar-refractivity contribution is 0.174. The van der Waals surface area contributed by atoms with Crippen molar-refractivity contribution in [3.05, 3.63) is 102 Å². The van der Waals surface area contributed by atoms with Gasteiger partial charge < -0.3 is 19.0 Å². The highest BCUT2D eigenvalue weighted by Crippen LogP contribution is 2.33. The molecule has 0 atom stereocenters. The predicted molar refractivity (Wildman–Crippen MR) is 150 cm³/mol. The molecule has 1 aliphatic heterocycles. The van der Waals surface area contributed by atoms with E-state index in [1.807, 2.05) is 12.3 Å². The third-order valence-electron chi connectivity index (χ3n) is 7.35. The van der Waals surface area contributed by atoms with Crippen molar-refractivity contribution in [2.45, 2.75) is 58.8 Å². The van der Waals surface area contributed by atoms with Gasteiger partial charge in [0.2, 0.25) is 6.79 Å². The van der Waals surface area contributed by atoms with E-state index in [2.05, 4.69) is 88.1 Å². The van der Waals surface area contributed by atoms with Gasteiger partial charge in [-0.1, -0.05) is 43.7 Å². The summed E-state index contributed by atoms with van der Waals surface area (Å²) < 4.78 is 13.8. The predicted octanol–water partition coefficient (Wildman–Crippen LogP) is 7.43. The van der Waals surface area contributed by atoms with Crippen LogP contribution in [0, 0.1) is 0 Å². The Hall–Kier alpha value is -3.70. The van der Waals surface area contributed by atoms with Gasteiger partial charge >= 0.3 is 0 Å². The molecular formula is C32H35N3O2. The number of allylic oxidation sites excluding steroid dienone is 4. The largest absolute Gasteiger partial charge is 0.454 e. The molecule has 0 unspecified atom stereocenters. The van der Waals surface area contributed by atoms with Crippen molar-refractivity contribution in [3.8, 4) is 11.5 Å². The highest BCUT2D eigenvalue weighted by atomic mass is 16.7. The van der Waals surface area contributed by atoms with Crippen LogP contribution in [0.1, 0.15) is 55.1 Å². The summed E-state index contributed by atoms with van der Waals surface area (Å²) in [6, 6.07) is 19.8. The number of nitrogens with one attached hydrogen (secondary N) is 1. The Morgan fingerprint density at radius 3 is 2.62 bits per heavy atom. The van der Waals surface area contributed by atoms with Gasteiger partial charge in [0.15, 0.2) is 11.5 Å². The molecule has 0 spiro atoms. The fourth-order valence-corrected chi connectivity index (χ4v) is 5.44. The monoisotopic (exact) mass is 493 g/mol. The van der Waals surface area contributed by atoms with E-state index < -0.39 is 0 Å². The Morgan fingerprint density at radius 2 is 1.76 bits per heavy atom. The van der Waals surface area contributed by atoms with Gasteiger partial charge in [-0.15, -0.1) is 0 Å². The van der Waals surface area contributed by atoms with E-state index in [0.29, 0.717) is 6.79 Å². The average molecular weight is 494 g/mol. The van der Waals surface area contributed by atoms with Crippen LogP contribution in [0.15, 0.2) is 79.0 Å². The van der Waals surface area contributed by atoms with Crippen LogP contribution >= 0.6 is 0 Å². The Morgan fingerprint density at radius 1 is 0.892 bits per heavy atom. The molecule has 1 N–H and O–H groups in total. The van der Waals surface area contributed by atoms with Crippen LogP contribution in [0.25, 0.3) is 16.5 Å². The Bertz CT molecular complexity index is 1440. The van der Waals surface area contributed by atoms with Crippen LogP contribution in [0.3, 0.4) is 0 Å². The number of aromatic nitrogens is 2. The first-order valence-corrected chi connectivity index (χ1v) is 13.5. The molecule has 0 saturated heterocycles. The fourth-order valence-electron chi connectivity index (χ4n) is 5.44. The molecule has 0 saturated carbocycles. The summed E-state index contributed by atoms with van der Waals surface area (Å²) in [6.07, 6.45) is 13.6. The molecule has 5 nitrogen and oxygen atoms in total. The first-order valence-electron chi connectivity index (χ1n) is 13.5. The van der Waals surface area contributed by atoms with Crippen molar-refractivity contribution in [1.82, 2.24) is 14.5 Å². The van der Waals surface area contributed by atoms with Gasteiger partial charge in [0.1, 0.15) is 0 Å². The molecule has 6 rings (SSSR count). The van der Waals surface area contributed by atoms with Crippen molar-refractivity contribution in [2.75, 3.05) is 6.79 Å². The highest BCUT2D eigenvalue weighted by molar-refractivity contribution is 5.79. The molecule has 0 amide bonds. The van der Waals surface area contributed by atoms with E-state index in [9.17, 15) is 0 Å². The van der Waals surface area contributed by atoms with Gasteiger partial charge in [-0.3, -0.25) is 4.90 Å². The number of fused-ring (bicyclic) bond motifs is 2. The van der Waals surface area contributed by atoms with Crippen LogP contribution in [0.2, 0.25) is 0 Å². The smallest absolute Gasteiger partial charge is 0.231 e. The number of nitrogens with zero attached hydrogens (tertiary/aromatic N) is 2. The lowest BCUT2D eigenvalue weighted by Crippen LogP contribution is -2.24. The summed E-state index contributed by atoms with van der Waals surface area (Å²) in [7, 11) is 0. The highest BCUT2D eigenvalue weighted by Gasteiger charge is 2.18. The Labute approximate surface area is 219 Å². The van der Waals surface area contributed by atoms with Crippen LogP contribution in [-0.4, -0.2) is 21.2 Å². The molecular weight excluding hydrogens is 458 g/mol. The number of hydrogen-bond donors (Lipinski definition) is 1. The summed E-state index contributed by atoms with van der Waals surface area (Å²) in [4.78, 5) is 5.85. The van der Waals surface area contributed by atoms with Gasteiger partial charge in [-0.2, -0.15) is 0 Å². The molecule has 190 valence electrons. The summed E-state index contributed by atoms with van der Waals surface area (Å²) in [6.45, 7) is 6.20. The molecule has 0 bridgehead atoms. The summed E-state index contributed by atoms with van der Waals surface area (Å²) in [5.74, 6) is 1.68. The normalized spacial score (nSPS) is 14.6. The second-order valence-electron chi connectivity index (χ2n) is 10.1. The molecule has 3 heterocycles. The van der Waals surface area contributed by atoms with Crippen molar-refractivity contribution < 1.29 is 9.47 Å². The number of rotatable bonds is 10. The Kier molecular flexibility index (Phi) is 6.87. The van der Waals surface area contributed by atoms with Crippen LogP contribution in [0.4, 0.5) is 0 Å². The molecule has 0 fully saturated rings. The minimum Gasteiger partial charge on any atom is -0.454 e. The standard InChI is InChI=1S/C32H35N3O2/c1-2-3-17-35-28(11-13-30(35)26-7-5-4-6-8-26)22-34(20-24-9-12-29-27(18-24)15-16-33-29)21-25-10-14-31-32(19-25)37-23-36-31/h5,7-16,18-19,33H,2-4,6,17,20-23H2,1H3. The first kappa shape index (κ1) is 23.7. The lowest BCUT2D eigenvalue weighted by Gasteiger charge is -2.25. The van der Waals surface area contributed by atoms with Crippen molar-refractivity contribution in [3.63, 3.8) is 0 Å². The second-order valence-corrected chi connectivity index (χ2v) is 10.1. The fraction of sp³-hybridized carbons (Fsp3) is 0.312. The number of H-pyrrole nitrogens is 1. The van der Waals surface area contributed by atoms with E-state index in [1.165, 1.54) is 51.8 Å². The number of aromatic amines is 1. The number of benzene rings is 2. The van der Waals surface area contributed by atoms with Gasteiger partial charge in [0.25, 0.3) is 0 Å². The van der Waals surface area contributed by atoms with E-state index in [0.717, 1.165) is 50.5 Å². The molecule has 2 aromatic heterocycles. The zero-order valence-electron chi connectivity index (χ0n) is 21.6. The van der Waals surface area contributed by atoms with E-state index >= 15 is 0 Å². The zero-order chi connectivity index (χ0) is 25.0. The molecule has 2 aliphatic rings. The lowest BCUT2D eigenvalue weighted by atomic mass is 10.0. The third-order valence-corrected chi connectivity index (χ3v) is 7.35. The molecule has 1 aliphatic carbocycles. The van der Waals surface area contributed by atoms with Crippen LogP contribution in [-0.2, 0) is 26.2 Å². The molecule has 0 radical (unpaired) electrons. The van der Waals surface area contributed by atoms with Gasteiger partial charge in [-0.05, 0) is 83.8 Å². The van der Waals surface area contributed by atoms with Gasteiger partial charge in [0.05, 0.1) is 0 Å². The van der Waals surface area contributed by atoms with Crippen molar-refractivity contribution >= 4 is 16.5 Å². The first-order chi connectivity index (χ1) is 18.3. The maximum Gasteiger partial charge on any atom is 0.231 e. The quantitative estimate of drug-likeness (QED) is 0.250. The van der Waals surface area contributed by atoms with Gasteiger partial charge in [-0.25, -0.2) is 0 Å². The Balaban J connectivity index is 1.31. The number of hydrogen-bond acceptors (Lipinski definition) is 3. The second kappa shape index (κ2) is 10.7. The number of unbranched alkanes of at least 4 members (excludes halogenated alkanes) is 1. The van der Waals surface area contributed by atoms with Crippen molar-refractivity contribution in [2.24, 2.45) is 0 Å². The minimum atomic E-state index is 0.303. The maximum atomic E-state index is 5.67. The summed E-state index contributed by atoms with van der Waals surface area (Å²) >= 11 is 0. The maximum absolute atomic E-state index is 5.67. The van der Waals surface area contributed by atoms with Crippen molar-refractivity contribution in [1.29, 1.82) is 0 Å². The van der Waals surface area contributed by atoms with Crippen LogP contribution < -0.4 is 9.47 Å². The summed E-state index contributed by atoms with van der Waals surface area (Å²) in [5, 5.41) is 1.25. The van der Waals surface area contributed by atoms with E-state index in [-0.39, 0.29) is 0 Å². The molecule has 37 heavy (non-hydrogen) atoms. The van der Waals surface area contributed by atoms with E-state index in [1.54, 1.807) is 0 Å². The average Bonchev–Trinajstić information content (AvgIpc) is 3.67. The molecule has 5 heteroatoms. The summed E-state index contributed by atoms with van der Waals surface area (Å²) in [5.41, 5.74) is 7.80.